The number of fused-ring (bicyclic) bond motifs is 1. The molecule has 0 spiro atoms. The van der Waals surface area contributed by atoms with Crippen LogP contribution in [-0.4, -0.2) is 28.0 Å². The first-order valence-corrected chi connectivity index (χ1v) is 4.83. The van der Waals surface area contributed by atoms with Crippen LogP contribution in [0.1, 0.15) is 25.1 Å². The molecule has 14 heavy (non-hydrogen) atoms. The highest BCUT2D eigenvalue weighted by Crippen LogP contribution is 2.23. The van der Waals surface area contributed by atoms with Crippen molar-refractivity contribution in [3.63, 3.8) is 0 Å². The molecule has 0 aliphatic carbocycles. The SMILES string of the molecule is COc1ncc2c(n1)CN(C(C)C)C2. The Balaban J connectivity index is 2.22. The van der Waals surface area contributed by atoms with Crippen LogP contribution in [0.4, 0.5) is 0 Å². The van der Waals surface area contributed by atoms with Gasteiger partial charge in [0.1, 0.15) is 0 Å². The normalized spacial score (nSPS) is 16.0. The Hall–Kier alpha value is -1.16. The number of hydrogen-bond acceptors (Lipinski definition) is 4. The van der Waals surface area contributed by atoms with Gasteiger partial charge < -0.3 is 4.74 Å². The van der Waals surface area contributed by atoms with E-state index in [9.17, 15) is 0 Å². The topological polar surface area (TPSA) is 38.3 Å². The molecule has 0 unspecified atom stereocenters. The Bertz CT molecular complexity index is 338. The third kappa shape index (κ3) is 1.57. The van der Waals surface area contributed by atoms with Gasteiger partial charge in [0.05, 0.1) is 12.8 Å². The summed E-state index contributed by atoms with van der Waals surface area (Å²) in [6.45, 7) is 6.25. The Morgan fingerprint density at radius 2 is 2.21 bits per heavy atom. The molecule has 76 valence electrons. The number of ether oxygens (including phenoxy) is 1. The molecular weight excluding hydrogens is 178 g/mol. The van der Waals surface area contributed by atoms with Crippen molar-refractivity contribution in [3.05, 3.63) is 17.5 Å². The van der Waals surface area contributed by atoms with Gasteiger partial charge in [-0.2, -0.15) is 4.98 Å². The third-order valence-electron chi connectivity index (χ3n) is 2.57. The van der Waals surface area contributed by atoms with Crippen LogP contribution in [0.15, 0.2) is 6.20 Å². The van der Waals surface area contributed by atoms with E-state index in [-0.39, 0.29) is 0 Å². The minimum absolute atomic E-state index is 0.467. The van der Waals surface area contributed by atoms with Crippen molar-refractivity contribution in [2.45, 2.75) is 33.0 Å². The number of nitrogens with zero attached hydrogens (tertiary/aromatic N) is 3. The predicted molar refractivity (Wildman–Crippen MR) is 53.0 cm³/mol. The van der Waals surface area contributed by atoms with Gasteiger partial charge in [-0.15, -0.1) is 0 Å². The molecule has 0 N–H and O–H groups in total. The van der Waals surface area contributed by atoms with Crippen LogP contribution < -0.4 is 4.74 Å². The number of methoxy groups -OCH3 is 1. The van der Waals surface area contributed by atoms with Gasteiger partial charge >= 0.3 is 6.01 Å². The fourth-order valence-electron chi connectivity index (χ4n) is 1.62. The van der Waals surface area contributed by atoms with Crippen LogP contribution in [0.3, 0.4) is 0 Å². The summed E-state index contributed by atoms with van der Waals surface area (Å²) in [6, 6.07) is 1.02. The zero-order valence-corrected chi connectivity index (χ0v) is 8.82. The molecule has 2 heterocycles. The van der Waals surface area contributed by atoms with E-state index in [1.165, 1.54) is 5.56 Å². The van der Waals surface area contributed by atoms with Gasteiger partial charge in [-0.1, -0.05) is 0 Å². The maximum Gasteiger partial charge on any atom is 0.316 e. The first-order valence-electron chi connectivity index (χ1n) is 4.83. The molecule has 0 amide bonds. The summed E-state index contributed by atoms with van der Waals surface area (Å²) < 4.78 is 4.99. The number of rotatable bonds is 2. The van der Waals surface area contributed by atoms with E-state index in [0.29, 0.717) is 12.1 Å². The second-order valence-electron chi connectivity index (χ2n) is 3.83. The van der Waals surface area contributed by atoms with Crippen LogP contribution in [0.5, 0.6) is 6.01 Å². The third-order valence-corrected chi connectivity index (χ3v) is 2.57. The first kappa shape index (κ1) is 9.40. The Morgan fingerprint density at radius 1 is 1.43 bits per heavy atom. The van der Waals surface area contributed by atoms with E-state index in [1.807, 2.05) is 6.20 Å². The molecule has 0 bridgehead atoms. The van der Waals surface area contributed by atoms with Crippen molar-refractivity contribution in [3.8, 4) is 6.01 Å². The highest BCUT2D eigenvalue weighted by molar-refractivity contribution is 5.23. The summed E-state index contributed by atoms with van der Waals surface area (Å²) in [6.07, 6.45) is 1.86. The average molecular weight is 193 g/mol. The molecule has 4 heteroatoms. The lowest BCUT2D eigenvalue weighted by Crippen LogP contribution is -2.24. The predicted octanol–water partition coefficient (Wildman–Crippen LogP) is 1.21. The van der Waals surface area contributed by atoms with Crippen molar-refractivity contribution in [1.29, 1.82) is 0 Å². The zero-order valence-electron chi connectivity index (χ0n) is 8.82. The van der Waals surface area contributed by atoms with Gasteiger partial charge in [-0.25, -0.2) is 4.98 Å². The summed E-state index contributed by atoms with van der Waals surface area (Å²) in [5.74, 6) is 0. The summed E-state index contributed by atoms with van der Waals surface area (Å²) in [4.78, 5) is 10.8. The fraction of sp³-hybridized carbons (Fsp3) is 0.600. The van der Waals surface area contributed by atoms with Gasteiger partial charge in [0.2, 0.25) is 0 Å². The average Bonchev–Trinajstić information content (AvgIpc) is 2.59. The van der Waals surface area contributed by atoms with E-state index >= 15 is 0 Å². The molecule has 1 aliphatic heterocycles. The zero-order chi connectivity index (χ0) is 10.1. The van der Waals surface area contributed by atoms with Gasteiger partial charge in [-0.05, 0) is 13.8 Å². The second kappa shape index (κ2) is 3.53. The van der Waals surface area contributed by atoms with Crippen molar-refractivity contribution in [2.75, 3.05) is 7.11 Å². The Kier molecular flexibility index (Phi) is 2.37. The second-order valence-corrected chi connectivity index (χ2v) is 3.83. The summed E-state index contributed by atoms with van der Waals surface area (Å²) >= 11 is 0. The van der Waals surface area contributed by atoms with E-state index in [4.69, 9.17) is 4.74 Å². The molecule has 2 rings (SSSR count). The summed E-state index contributed by atoms with van der Waals surface area (Å²) in [7, 11) is 1.59. The minimum atomic E-state index is 0.467. The Labute approximate surface area is 83.9 Å². The lowest BCUT2D eigenvalue weighted by Gasteiger charge is -2.18. The van der Waals surface area contributed by atoms with Crippen LogP contribution in [-0.2, 0) is 13.1 Å². The van der Waals surface area contributed by atoms with Crippen LogP contribution in [0, 0.1) is 0 Å². The lowest BCUT2D eigenvalue weighted by atomic mass is 10.3. The van der Waals surface area contributed by atoms with Crippen molar-refractivity contribution in [1.82, 2.24) is 14.9 Å². The van der Waals surface area contributed by atoms with Gasteiger partial charge in [0, 0.05) is 30.9 Å². The summed E-state index contributed by atoms with van der Waals surface area (Å²) in [5.41, 5.74) is 2.32. The van der Waals surface area contributed by atoms with Gasteiger partial charge in [0.25, 0.3) is 0 Å². The largest absolute Gasteiger partial charge is 0.467 e. The molecule has 0 atom stereocenters. The standard InChI is InChI=1S/C10H15N3O/c1-7(2)13-5-8-4-11-10(14-3)12-9(8)6-13/h4,7H,5-6H2,1-3H3. The maximum atomic E-state index is 4.99. The molecule has 0 fully saturated rings. The molecule has 0 aromatic carbocycles. The molecule has 0 saturated carbocycles. The number of hydrogen-bond donors (Lipinski definition) is 0. The summed E-state index contributed by atoms with van der Waals surface area (Å²) in [5, 5.41) is 0. The molecular formula is C10H15N3O. The fourth-order valence-corrected chi connectivity index (χ4v) is 1.62. The van der Waals surface area contributed by atoms with Crippen LogP contribution in [0.2, 0.25) is 0 Å². The molecule has 1 aromatic rings. The van der Waals surface area contributed by atoms with E-state index in [1.54, 1.807) is 7.11 Å². The van der Waals surface area contributed by atoms with Crippen molar-refractivity contribution < 1.29 is 4.74 Å². The van der Waals surface area contributed by atoms with E-state index in [2.05, 4.69) is 28.7 Å². The van der Waals surface area contributed by atoms with Gasteiger partial charge in [-0.3, -0.25) is 4.90 Å². The smallest absolute Gasteiger partial charge is 0.316 e. The first-order chi connectivity index (χ1) is 6.70. The monoisotopic (exact) mass is 193 g/mol. The molecule has 4 nitrogen and oxygen atoms in total. The van der Waals surface area contributed by atoms with Crippen molar-refractivity contribution >= 4 is 0 Å². The molecule has 0 saturated heterocycles. The van der Waals surface area contributed by atoms with Gasteiger partial charge in [0.15, 0.2) is 0 Å². The minimum Gasteiger partial charge on any atom is -0.467 e. The van der Waals surface area contributed by atoms with Crippen LogP contribution >= 0.6 is 0 Å². The quantitative estimate of drug-likeness (QED) is 0.707. The molecule has 1 aromatic heterocycles. The Morgan fingerprint density at radius 3 is 2.86 bits per heavy atom. The van der Waals surface area contributed by atoms with Crippen LogP contribution in [0.25, 0.3) is 0 Å². The maximum absolute atomic E-state index is 4.99. The highest BCUT2D eigenvalue weighted by Gasteiger charge is 2.22. The van der Waals surface area contributed by atoms with E-state index < -0.39 is 0 Å². The van der Waals surface area contributed by atoms with Crippen molar-refractivity contribution in [2.24, 2.45) is 0 Å². The molecule has 1 aliphatic rings. The lowest BCUT2D eigenvalue weighted by molar-refractivity contribution is 0.226. The highest BCUT2D eigenvalue weighted by atomic mass is 16.5. The van der Waals surface area contributed by atoms with E-state index in [0.717, 1.165) is 18.8 Å². The molecule has 0 radical (unpaired) electrons. The number of aromatic nitrogens is 2.